The molecule has 0 heterocycles. The zero-order valence-electron chi connectivity index (χ0n) is 12.4. The van der Waals surface area contributed by atoms with Crippen LogP contribution in [0.2, 0.25) is 0 Å². The summed E-state index contributed by atoms with van der Waals surface area (Å²) in [6.07, 6.45) is 4.87. The van der Waals surface area contributed by atoms with Gasteiger partial charge in [0.05, 0.1) is 0 Å². The van der Waals surface area contributed by atoms with E-state index in [2.05, 4.69) is 22.2 Å². The minimum atomic E-state index is 0.0962. The van der Waals surface area contributed by atoms with Crippen LogP contribution in [0.1, 0.15) is 43.7 Å². The molecule has 0 saturated heterocycles. The summed E-state index contributed by atoms with van der Waals surface area (Å²) < 4.78 is 0. The van der Waals surface area contributed by atoms with Crippen LogP contribution >= 0.6 is 0 Å². The van der Waals surface area contributed by atoms with E-state index < -0.39 is 0 Å². The van der Waals surface area contributed by atoms with Gasteiger partial charge in [-0.3, -0.25) is 4.90 Å². The highest BCUT2D eigenvalue weighted by Crippen LogP contribution is 2.34. The molecule has 5 nitrogen and oxygen atoms in total. The molecule has 21 heavy (non-hydrogen) atoms. The molecule has 116 valence electrons. The molecule has 0 aliphatic heterocycles. The van der Waals surface area contributed by atoms with E-state index in [1.165, 1.54) is 24.8 Å². The Bertz CT molecular complexity index is 446. The molecule has 0 bridgehead atoms. The number of benzene rings is 1. The number of rotatable bonds is 8. The lowest BCUT2D eigenvalue weighted by atomic mass is 9.88. The molecule has 1 unspecified atom stereocenters. The van der Waals surface area contributed by atoms with Crippen molar-refractivity contribution < 1.29 is 10.3 Å². The average Bonchev–Trinajstić information content (AvgIpc) is 2.48. The molecule has 5 heteroatoms. The Balaban J connectivity index is 2.21. The van der Waals surface area contributed by atoms with Crippen LogP contribution < -0.4 is 5.73 Å². The van der Waals surface area contributed by atoms with Crippen LogP contribution in [-0.4, -0.2) is 40.2 Å². The third kappa shape index (κ3) is 4.19. The number of hydrogen-bond donors (Lipinski definition) is 3. The topological polar surface area (TPSA) is 82.1 Å². The molecule has 1 saturated carbocycles. The van der Waals surface area contributed by atoms with Gasteiger partial charge in [-0.15, -0.1) is 0 Å². The molecule has 1 atom stereocenters. The molecule has 1 aliphatic rings. The van der Waals surface area contributed by atoms with Gasteiger partial charge in [0.1, 0.15) is 5.84 Å². The van der Waals surface area contributed by atoms with Crippen LogP contribution in [0.15, 0.2) is 35.5 Å². The van der Waals surface area contributed by atoms with Gasteiger partial charge >= 0.3 is 0 Å². The summed E-state index contributed by atoms with van der Waals surface area (Å²) >= 11 is 0. The number of oxime groups is 1. The van der Waals surface area contributed by atoms with Crippen molar-refractivity contribution in [3.8, 4) is 0 Å². The maximum Gasteiger partial charge on any atom is 0.141 e. The van der Waals surface area contributed by atoms with Crippen LogP contribution in [0.25, 0.3) is 0 Å². The molecule has 1 aliphatic carbocycles. The van der Waals surface area contributed by atoms with Crippen molar-refractivity contribution in [3.63, 3.8) is 0 Å². The molecule has 4 N–H and O–H groups in total. The van der Waals surface area contributed by atoms with Crippen molar-refractivity contribution in [2.45, 2.75) is 44.2 Å². The highest BCUT2D eigenvalue weighted by atomic mass is 16.4. The predicted octanol–water partition coefficient (Wildman–Crippen LogP) is 2.10. The van der Waals surface area contributed by atoms with E-state index in [1.807, 2.05) is 18.2 Å². The van der Waals surface area contributed by atoms with Crippen molar-refractivity contribution in [3.05, 3.63) is 35.9 Å². The van der Waals surface area contributed by atoms with E-state index in [4.69, 9.17) is 16.0 Å². The van der Waals surface area contributed by atoms with Crippen molar-refractivity contribution >= 4 is 5.84 Å². The quantitative estimate of drug-likeness (QED) is 0.296. The van der Waals surface area contributed by atoms with Crippen LogP contribution in [0.5, 0.6) is 0 Å². The number of hydrogen-bond acceptors (Lipinski definition) is 4. The Kier molecular flexibility index (Phi) is 6.02. The van der Waals surface area contributed by atoms with Crippen molar-refractivity contribution in [1.29, 1.82) is 0 Å². The summed E-state index contributed by atoms with van der Waals surface area (Å²) in [5.41, 5.74) is 6.94. The first kappa shape index (κ1) is 15.8. The summed E-state index contributed by atoms with van der Waals surface area (Å²) in [5, 5.41) is 21.2. The fourth-order valence-corrected chi connectivity index (χ4v) is 2.91. The summed E-state index contributed by atoms with van der Waals surface area (Å²) in [6, 6.07) is 10.8. The van der Waals surface area contributed by atoms with Crippen molar-refractivity contribution in [2.24, 2.45) is 10.9 Å². The molecule has 1 aromatic rings. The van der Waals surface area contributed by atoms with Gasteiger partial charge in [0.25, 0.3) is 0 Å². The number of nitrogens with two attached hydrogens (primary N) is 1. The molecule has 1 aromatic carbocycles. The van der Waals surface area contributed by atoms with Gasteiger partial charge in [0, 0.05) is 31.7 Å². The Morgan fingerprint density at radius 3 is 2.57 bits per heavy atom. The fourth-order valence-electron chi connectivity index (χ4n) is 2.91. The minimum Gasteiger partial charge on any atom is -0.409 e. The molecular formula is C16H25N3O2. The summed E-state index contributed by atoms with van der Waals surface area (Å²) in [6.45, 7) is 1.02. The van der Waals surface area contributed by atoms with E-state index in [-0.39, 0.29) is 18.5 Å². The highest BCUT2D eigenvalue weighted by molar-refractivity contribution is 5.80. The second-order valence-corrected chi connectivity index (χ2v) is 5.62. The maximum atomic E-state index is 9.15. The highest BCUT2D eigenvalue weighted by Gasteiger charge is 2.31. The lowest BCUT2D eigenvalue weighted by Crippen LogP contribution is -2.44. The van der Waals surface area contributed by atoms with Gasteiger partial charge in [-0.2, -0.15) is 0 Å². The first-order valence-electron chi connectivity index (χ1n) is 7.64. The van der Waals surface area contributed by atoms with Gasteiger partial charge in [0.2, 0.25) is 0 Å². The second-order valence-electron chi connectivity index (χ2n) is 5.62. The number of amidine groups is 1. The maximum absolute atomic E-state index is 9.15. The third-order valence-corrected chi connectivity index (χ3v) is 4.23. The van der Waals surface area contributed by atoms with E-state index in [1.54, 1.807) is 0 Å². The Hall–Kier alpha value is -1.59. The Morgan fingerprint density at radius 2 is 2.05 bits per heavy atom. The van der Waals surface area contributed by atoms with Gasteiger partial charge in [-0.1, -0.05) is 41.9 Å². The Labute approximate surface area is 126 Å². The SMILES string of the molecule is N/C(CC(c1ccccc1)N(CCCO)C1CCC1)=N/O. The number of nitrogens with zero attached hydrogens (tertiary/aromatic N) is 2. The van der Waals surface area contributed by atoms with Gasteiger partial charge < -0.3 is 16.0 Å². The first-order valence-corrected chi connectivity index (χ1v) is 7.64. The molecule has 0 radical (unpaired) electrons. The average molecular weight is 291 g/mol. The number of aliphatic hydroxyl groups is 1. The van der Waals surface area contributed by atoms with Crippen LogP contribution in [0.4, 0.5) is 0 Å². The van der Waals surface area contributed by atoms with E-state index in [9.17, 15) is 0 Å². The smallest absolute Gasteiger partial charge is 0.141 e. The minimum absolute atomic E-state index is 0.0962. The summed E-state index contributed by atoms with van der Waals surface area (Å²) in [5.74, 6) is 0.247. The zero-order valence-corrected chi connectivity index (χ0v) is 12.4. The van der Waals surface area contributed by atoms with Gasteiger partial charge in [-0.05, 0) is 24.8 Å². The van der Waals surface area contributed by atoms with Crippen LogP contribution in [-0.2, 0) is 0 Å². The first-order chi connectivity index (χ1) is 10.3. The molecule has 2 rings (SSSR count). The normalized spacial score (nSPS) is 17.7. The zero-order chi connectivity index (χ0) is 15.1. The Morgan fingerprint density at radius 1 is 1.33 bits per heavy atom. The molecule has 1 fully saturated rings. The van der Waals surface area contributed by atoms with E-state index >= 15 is 0 Å². The largest absolute Gasteiger partial charge is 0.409 e. The van der Waals surface area contributed by atoms with Gasteiger partial charge in [0.15, 0.2) is 0 Å². The second kappa shape index (κ2) is 8.00. The molecule has 0 spiro atoms. The third-order valence-electron chi connectivity index (χ3n) is 4.23. The van der Waals surface area contributed by atoms with Crippen LogP contribution in [0, 0.1) is 0 Å². The fraction of sp³-hybridized carbons (Fsp3) is 0.562. The summed E-state index contributed by atoms with van der Waals surface area (Å²) in [4.78, 5) is 2.41. The van der Waals surface area contributed by atoms with Crippen LogP contribution in [0.3, 0.4) is 0 Å². The van der Waals surface area contributed by atoms with Crippen molar-refractivity contribution in [2.75, 3.05) is 13.2 Å². The monoisotopic (exact) mass is 291 g/mol. The predicted molar refractivity (Wildman–Crippen MR) is 83.3 cm³/mol. The van der Waals surface area contributed by atoms with Crippen molar-refractivity contribution in [1.82, 2.24) is 4.90 Å². The van der Waals surface area contributed by atoms with E-state index in [0.717, 1.165) is 13.0 Å². The standard InChI is InChI=1S/C16H25N3O2/c17-16(18-21)12-15(13-6-2-1-3-7-13)19(10-5-11-20)14-8-4-9-14/h1-3,6-7,14-15,20-21H,4-5,8-12H2,(H2,17,18). The summed E-state index contributed by atoms with van der Waals surface area (Å²) in [7, 11) is 0. The molecular weight excluding hydrogens is 266 g/mol. The lowest BCUT2D eigenvalue weighted by Gasteiger charge is -2.42. The lowest BCUT2D eigenvalue weighted by molar-refractivity contribution is 0.0733. The molecule has 0 aromatic heterocycles. The van der Waals surface area contributed by atoms with Gasteiger partial charge in [-0.25, -0.2) is 0 Å². The number of aliphatic hydroxyl groups excluding tert-OH is 1. The van der Waals surface area contributed by atoms with E-state index in [0.29, 0.717) is 12.5 Å². The molecule has 0 amide bonds.